The minimum atomic E-state index is 0.586. The number of hydrogen-bond acceptors (Lipinski definition) is 3. The molecule has 0 saturated heterocycles. The van der Waals surface area contributed by atoms with Crippen LogP contribution in [0.5, 0.6) is 0 Å². The van der Waals surface area contributed by atoms with Gasteiger partial charge in [0.15, 0.2) is 0 Å². The Labute approximate surface area is 102 Å². The van der Waals surface area contributed by atoms with E-state index in [1.807, 2.05) is 24.3 Å². The summed E-state index contributed by atoms with van der Waals surface area (Å²) in [5, 5.41) is 7.29. The standard InChI is InChI=1S/C13H19N3O/c1-3-5-13(16-15-10-17)11-6-8-12(9-7-11)14-4-2/h6-10,14H,3-5H2,1-2H3,(H,15,17)/b16-13+. The Morgan fingerprint density at radius 1 is 1.29 bits per heavy atom. The Kier molecular flexibility index (Phi) is 5.79. The summed E-state index contributed by atoms with van der Waals surface area (Å²) in [6.45, 7) is 5.05. The first kappa shape index (κ1) is 13.2. The fourth-order valence-electron chi connectivity index (χ4n) is 1.59. The molecule has 4 nitrogen and oxygen atoms in total. The highest BCUT2D eigenvalue weighted by atomic mass is 16.1. The van der Waals surface area contributed by atoms with E-state index in [1.54, 1.807) is 0 Å². The summed E-state index contributed by atoms with van der Waals surface area (Å²) < 4.78 is 0. The number of carbonyl (C=O) groups excluding carboxylic acids is 1. The number of anilines is 1. The zero-order valence-corrected chi connectivity index (χ0v) is 10.4. The first-order valence-electron chi connectivity index (χ1n) is 5.91. The lowest BCUT2D eigenvalue weighted by molar-refractivity contribution is -0.109. The van der Waals surface area contributed by atoms with Crippen molar-refractivity contribution in [1.29, 1.82) is 0 Å². The zero-order chi connectivity index (χ0) is 12.5. The van der Waals surface area contributed by atoms with Crippen LogP contribution in [-0.2, 0) is 4.79 Å². The van der Waals surface area contributed by atoms with E-state index in [1.165, 1.54) is 0 Å². The normalized spacial score (nSPS) is 11.1. The molecular weight excluding hydrogens is 214 g/mol. The quantitative estimate of drug-likeness (QED) is 0.431. The smallest absolute Gasteiger partial charge is 0.227 e. The average Bonchev–Trinajstić information content (AvgIpc) is 2.36. The summed E-state index contributed by atoms with van der Waals surface area (Å²) in [6, 6.07) is 8.06. The van der Waals surface area contributed by atoms with E-state index >= 15 is 0 Å². The van der Waals surface area contributed by atoms with Crippen LogP contribution in [0.4, 0.5) is 5.69 Å². The predicted octanol–water partition coefficient (Wildman–Crippen LogP) is 2.37. The summed E-state index contributed by atoms with van der Waals surface area (Å²) in [7, 11) is 0. The monoisotopic (exact) mass is 233 g/mol. The van der Waals surface area contributed by atoms with E-state index in [-0.39, 0.29) is 0 Å². The predicted molar refractivity (Wildman–Crippen MR) is 71.3 cm³/mol. The molecule has 0 saturated carbocycles. The van der Waals surface area contributed by atoms with E-state index in [0.717, 1.165) is 36.3 Å². The lowest BCUT2D eigenvalue weighted by atomic mass is 10.1. The van der Waals surface area contributed by atoms with E-state index in [9.17, 15) is 4.79 Å². The van der Waals surface area contributed by atoms with Gasteiger partial charge in [0.25, 0.3) is 0 Å². The Hall–Kier alpha value is -1.84. The van der Waals surface area contributed by atoms with Crippen molar-refractivity contribution in [3.05, 3.63) is 29.8 Å². The van der Waals surface area contributed by atoms with E-state index in [2.05, 4.69) is 29.7 Å². The Morgan fingerprint density at radius 2 is 2.00 bits per heavy atom. The summed E-state index contributed by atoms with van der Waals surface area (Å²) in [6.07, 6.45) is 2.43. The van der Waals surface area contributed by atoms with Gasteiger partial charge in [-0.25, -0.2) is 5.43 Å². The van der Waals surface area contributed by atoms with Crippen LogP contribution >= 0.6 is 0 Å². The van der Waals surface area contributed by atoms with Crippen LogP contribution in [0, 0.1) is 0 Å². The number of rotatable bonds is 7. The van der Waals surface area contributed by atoms with Gasteiger partial charge < -0.3 is 5.32 Å². The summed E-state index contributed by atoms with van der Waals surface area (Å²) in [5.41, 5.74) is 5.41. The van der Waals surface area contributed by atoms with Crippen molar-refractivity contribution in [3.63, 3.8) is 0 Å². The van der Waals surface area contributed by atoms with Gasteiger partial charge in [-0.15, -0.1) is 0 Å². The lowest BCUT2D eigenvalue weighted by Crippen LogP contribution is -2.09. The maximum absolute atomic E-state index is 10.3. The molecule has 0 aliphatic carbocycles. The first-order valence-corrected chi connectivity index (χ1v) is 5.91. The minimum Gasteiger partial charge on any atom is -0.385 e. The van der Waals surface area contributed by atoms with Gasteiger partial charge in [0.2, 0.25) is 6.41 Å². The highest BCUT2D eigenvalue weighted by molar-refractivity contribution is 6.00. The van der Waals surface area contributed by atoms with Gasteiger partial charge in [0.05, 0.1) is 5.71 Å². The molecule has 0 atom stereocenters. The molecule has 1 aromatic carbocycles. The van der Waals surface area contributed by atoms with Crippen molar-refractivity contribution in [2.45, 2.75) is 26.7 Å². The van der Waals surface area contributed by atoms with Crippen LogP contribution in [-0.4, -0.2) is 18.7 Å². The molecule has 0 unspecified atom stereocenters. The molecule has 0 spiro atoms. The molecule has 0 radical (unpaired) electrons. The van der Waals surface area contributed by atoms with Crippen LogP contribution in [0.1, 0.15) is 32.3 Å². The molecule has 0 aromatic heterocycles. The number of nitrogens with one attached hydrogen (secondary N) is 2. The third-order valence-corrected chi connectivity index (χ3v) is 2.34. The molecule has 0 bridgehead atoms. The molecule has 2 N–H and O–H groups in total. The average molecular weight is 233 g/mol. The van der Waals surface area contributed by atoms with Crippen LogP contribution in [0.3, 0.4) is 0 Å². The van der Waals surface area contributed by atoms with Crippen molar-refractivity contribution in [2.75, 3.05) is 11.9 Å². The second-order valence-corrected chi connectivity index (χ2v) is 3.66. The lowest BCUT2D eigenvalue weighted by Gasteiger charge is -2.07. The van der Waals surface area contributed by atoms with Gasteiger partial charge in [-0.05, 0) is 31.0 Å². The fourth-order valence-corrected chi connectivity index (χ4v) is 1.59. The van der Waals surface area contributed by atoms with Gasteiger partial charge in [-0.1, -0.05) is 25.5 Å². The maximum Gasteiger partial charge on any atom is 0.227 e. The molecule has 0 fully saturated rings. The van der Waals surface area contributed by atoms with Crippen molar-refractivity contribution >= 4 is 17.8 Å². The summed E-state index contributed by atoms with van der Waals surface area (Å²) >= 11 is 0. The maximum atomic E-state index is 10.3. The van der Waals surface area contributed by atoms with Crippen LogP contribution in [0.15, 0.2) is 29.4 Å². The van der Waals surface area contributed by atoms with Gasteiger partial charge in [0.1, 0.15) is 0 Å². The number of amides is 1. The van der Waals surface area contributed by atoms with Crippen LogP contribution in [0.25, 0.3) is 0 Å². The number of nitrogens with zero attached hydrogens (tertiary/aromatic N) is 1. The fraction of sp³-hybridized carbons (Fsp3) is 0.385. The SMILES string of the molecule is CCC/C(=N\NC=O)c1ccc(NCC)cc1. The largest absolute Gasteiger partial charge is 0.385 e. The summed E-state index contributed by atoms with van der Waals surface area (Å²) in [4.78, 5) is 10.3. The molecule has 0 aliphatic heterocycles. The molecule has 1 aromatic rings. The molecule has 0 heterocycles. The minimum absolute atomic E-state index is 0.586. The second-order valence-electron chi connectivity index (χ2n) is 3.66. The molecule has 4 heteroatoms. The van der Waals surface area contributed by atoms with Gasteiger partial charge in [0, 0.05) is 12.2 Å². The Balaban J connectivity index is 2.83. The van der Waals surface area contributed by atoms with E-state index < -0.39 is 0 Å². The third kappa shape index (κ3) is 4.26. The van der Waals surface area contributed by atoms with Gasteiger partial charge in [-0.3, -0.25) is 4.79 Å². The van der Waals surface area contributed by atoms with Gasteiger partial charge >= 0.3 is 0 Å². The molecule has 1 amide bonds. The molecule has 17 heavy (non-hydrogen) atoms. The van der Waals surface area contributed by atoms with Gasteiger partial charge in [-0.2, -0.15) is 5.10 Å². The highest BCUT2D eigenvalue weighted by Crippen LogP contribution is 2.12. The van der Waals surface area contributed by atoms with Crippen LogP contribution in [0.2, 0.25) is 0 Å². The molecular formula is C13H19N3O. The van der Waals surface area contributed by atoms with Crippen molar-refractivity contribution in [1.82, 2.24) is 5.43 Å². The van der Waals surface area contributed by atoms with Crippen molar-refractivity contribution in [2.24, 2.45) is 5.10 Å². The number of hydrogen-bond donors (Lipinski definition) is 2. The number of carbonyl (C=O) groups is 1. The Bertz CT molecular complexity index is 371. The number of hydrazone groups is 1. The van der Waals surface area contributed by atoms with E-state index in [4.69, 9.17) is 0 Å². The van der Waals surface area contributed by atoms with Crippen molar-refractivity contribution in [3.8, 4) is 0 Å². The molecule has 1 rings (SSSR count). The second kappa shape index (κ2) is 7.44. The topological polar surface area (TPSA) is 53.5 Å². The van der Waals surface area contributed by atoms with E-state index in [0.29, 0.717) is 6.41 Å². The van der Waals surface area contributed by atoms with Crippen LogP contribution < -0.4 is 10.7 Å². The zero-order valence-electron chi connectivity index (χ0n) is 10.4. The molecule has 92 valence electrons. The first-order chi connectivity index (χ1) is 8.31. The molecule has 0 aliphatic rings. The third-order valence-electron chi connectivity index (χ3n) is 2.34. The highest BCUT2D eigenvalue weighted by Gasteiger charge is 2.02. The summed E-state index contributed by atoms with van der Waals surface area (Å²) in [5.74, 6) is 0. The van der Waals surface area contributed by atoms with Crippen molar-refractivity contribution < 1.29 is 4.79 Å². The Morgan fingerprint density at radius 3 is 2.53 bits per heavy atom. The number of benzene rings is 1.